The van der Waals surface area contributed by atoms with E-state index in [1.807, 2.05) is 6.07 Å². The molecule has 0 radical (unpaired) electrons. The van der Waals surface area contributed by atoms with Gasteiger partial charge in [-0.15, -0.1) is 0 Å². The van der Waals surface area contributed by atoms with Crippen molar-refractivity contribution in [3.05, 3.63) is 73.7 Å². The largest absolute Gasteiger partial charge is 0.270 e. The molecular weight excluding hydrogens is 398 g/mol. The lowest BCUT2D eigenvalue weighted by molar-refractivity contribution is -0.384. The third-order valence-electron chi connectivity index (χ3n) is 3.98. The lowest BCUT2D eigenvalue weighted by atomic mass is 9.96. The standard InChI is InChI=1S/C16H13Br2NO2/c17-15-9-13(19(20)21)6-5-11(15)8-12-7-10-3-1-2-4-14(10)16(12)18/h1-6,9,12,16H,7-8H2. The van der Waals surface area contributed by atoms with Crippen LogP contribution in [0.15, 0.2) is 46.9 Å². The molecule has 1 aliphatic carbocycles. The molecule has 3 nitrogen and oxygen atoms in total. The van der Waals surface area contributed by atoms with E-state index < -0.39 is 0 Å². The lowest BCUT2D eigenvalue weighted by Crippen LogP contribution is -2.07. The minimum Gasteiger partial charge on any atom is -0.258 e. The van der Waals surface area contributed by atoms with Crippen LogP contribution >= 0.6 is 31.9 Å². The second-order valence-corrected chi connectivity index (χ2v) is 7.14. The Morgan fingerprint density at radius 3 is 2.67 bits per heavy atom. The van der Waals surface area contributed by atoms with Gasteiger partial charge in [0, 0.05) is 21.4 Å². The number of rotatable bonds is 3. The molecule has 1 aliphatic rings. The summed E-state index contributed by atoms with van der Waals surface area (Å²) in [6.45, 7) is 0. The zero-order valence-corrected chi connectivity index (χ0v) is 14.3. The van der Waals surface area contributed by atoms with Crippen molar-refractivity contribution < 1.29 is 4.92 Å². The van der Waals surface area contributed by atoms with Crippen molar-refractivity contribution in [3.63, 3.8) is 0 Å². The van der Waals surface area contributed by atoms with Crippen LogP contribution in [0.1, 0.15) is 21.5 Å². The predicted octanol–water partition coefficient (Wildman–Crippen LogP) is 5.21. The minimum atomic E-state index is -0.368. The minimum absolute atomic E-state index is 0.121. The Hall–Kier alpha value is -1.20. The first-order valence-corrected chi connectivity index (χ1v) is 8.42. The number of non-ortho nitro benzene ring substituents is 1. The summed E-state index contributed by atoms with van der Waals surface area (Å²) in [6.07, 6.45) is 1.93. The summed E-state index contributed by atoms with van der Waals surface area (Å²) in [5, 5.41) is 10.8. The van der Waals surface area contributed by atoms with Gasteiger partial charge in [0.1, 0.15) is 0 Å². The maximum Gasteiger partial charge on any atom is 0.270 e. The molecule has 0 spiro atoms. The number of hydrogen-bond acceptors (Lipinski definition) is 2. The molecule has 5 heteroatoms. The smallest absolute Gasteiger partial charge is 0.258 e. The van der Waals surface area contributed by atoms with Gasteiger partial charge in [-0.05, 0) is 35.4 Å². The molecule has 3 rings (SSSR count). The monoisotopic (exact) mass is 409 g/mol. The average Bonchev–Trinajstić information content (AvgIpc) is 2.78. The first kappa shape index (κ1) is 14.7. The van der Waals surface area contributed by atoms with Crippen LogP contribution < -0.4 is 0 Å². The van der Waals surface area contributed by atoms with E-state index in [1.54, 1.807) is 12.1 Å². The predicted molar refractivity (Wildman–Crippen MR) is 89.8 cm³/mol. The number of nitro benzene ring substituents is 1. The summed E-state index contributed by atoms with van der Waals surface area (Å²) in [7, 11) is 0. The maximum atomic E-state index is 10.8. The molecule has 0 N–H and O–H groups in total. The molecule has 0 aromatic heterocycles. The average molecular weight is 411 g/mol. The van der Waals surface area contributed by atoms with E-state index >= 15 is 0 Å². The fourth-order valence-corrected chi connectivity index (χ4v) is 4.25. The number of alkyl halides is 1. The number of nitrogens with zero attached hydrogens (tertiary/aromatic N) is 1. The van der Waals surface area contributed by atoms with E-state index in [9.17, 15) is 10.1 Å². The fraction of sp³-hybridized carbons (Fsp3) is 0.250. The van der Waals surface area contributed by atoms with E-state index in [4.69, 9.17) is 0 Å². The van der Waals surface area contributed by atoms with Crippen molar-refractivity contribution >= 4 is 37.5 Å². The van der Waals surface area contributed by atoms with Crippen molar-refractivity contribution in [3.8, 4) is 0 Å². The van der Waals surface area contributed by atoms with Crippen molar-refractivity contribution in [2.45, 2.75) is 17.7 Å². The summed E-state index contributed by atoms with van der Waals surface area (Å²) >= 11 is 7.26. The quantitative estimate of drug-likeness (QED) is 0.396. The van der Waals surface area contributed by atoms with Crippen molar-refractivity contribution in [2.75, 3.05) is 0 Å². The van der Waals surface area contributed by atoms with Gasteiger partial charge >= 0.3 is 0 Å². The van der Waals surface area contributed by atoms with Crippen LogP contribution in [0.4, 0.5) is 5.69 Å². The number of hydrogen-bond donors (Lipinski definition) is 0. The highest BCUT2D eigenvalue weighted by Crippen LogP contribution is 2.44. The third kappa shape index (κ3) is 2.90. The van der Waals surface area contributed by atoms with Crippen LogP contribution in [0.3, 0.4) is 0 Å². The van der Waals surface area contributed by atoms with Gasteiger partial charge in [-0.1, -0.05) is 62.2 Å². The van der Waals surface area contributed by atoms with Gasteiger partial charge in [-0.3, -0.25) is 10.1 Å². The Labute approximate surface area is 139 Å². The fourth-order valence-electron chi connectivity index (χ4n) is 2.90. The van der Waals surface area contributed by atoms with Crippen LogP contribution in [0.5, 0.6) is 0 Å². The molecule has 0 aliphatic heterocycles. The second-order valence-electron chi connectivity index (χ2n) is 5.30. The molecule has 2 aromatic carbocycles. The molecule has 2 aromatic rings. The van der Waals surface area contributed by atoms with E-state index in [1.165, 1.54) is 11.1 Å². The molecule has 0 bridgehead atoms. The van der Waals surface area contributed by atoms with Crippen molar-refractivity contribution in [1.29, 1.82) is 0 Å². The molecule has 0 fully saturated rings. The normalized spacial score (nSPS) is 20.3. The zero-order valence-electron chi connectivity index (χ0n) is 11.1. The summed E-state index contributed by atoms with van der Waals surface area (Å²) < 4.78 is 0.812. The highest BCUT2D eigenvalue weighted by Gasteiger charge is 2.30. The van der Waals surface area contributed by atoms with Gasteiger partial charge in [-0.25, -0.2) is 0 Å². The number of halogens is 2. The molecule has 0 heterocycles. The number of nitro groups is 1. The third-order valence-corrected chi connectivity index (χ3v) is 5.96. The molecular formula is C16H13Br2NO2. The maximum absolute atomic E-state index is 10.8. The molecule has 2 atom stereocenters. The highest BCUT2D eigenvalue weighted by atomic mass is 79.9. The molecule has 0 saturated carbocycles. The molecule has 2 unspecified atom stereocenters. The van der Waals surface area contributed by atoms with Crippen LogP contribution in [0, 0.1) is 16.0 Å². The van der Waals surface area contributed by atoms with Crippen molar-refractivity contribution in [1.82, 2.24) is 0 Å². The Morgan fingerprint density at radius 2 is 2.00 bits per heavy atom. The van der Waals surface area contributed by atoms with E-state index in [2.05, 4.69) is 56.1 Å². The Morgan fingerprint density at radius 1 is 1.24 bits per heavy atom. The van der Waals surface area contributed by atoms with Gasteiger partial charge in [0.15, 0.2) is 0 Å². The summed E-state index contributed by atoms with van der Waals surface area (Å²) in [5.41, 5.74) is 3.99. The SMILES string of the molecule is O=[N+]([O-])c1ccc(CC2Cc3ccccc3C2Br)c(Br)c1. The van der Waals surface area contributed by atoms with Gasteiger partial charge < -0.3 is 0 Å². The Bertz CT molecular complexity index is 702. The number of fused-ring (bicyclic) bond motifs is 1. The second kappa shape index (κ2) is 5.89. The number of benzene rings is 2. The van der Waals surface area contributed by atoms with Crippen molar-refractivity contribution in [2.24, 2.45) is 5.92 Å². The highest BCUT2D eigenvalue weighted by molar-refractivity contribution is 9.10. The lowest BCUT2D eigenvalue weighted by Gasteiger charge is -2.15. The summed E-state index contributed by atoms with van der Waals surface area (Å²) in [5.74, 6) is 0.472. The topological polar surface area (TPSA) is 43.1 Å². The zero-order chi connectivity index (χ0) is 15.0. The van der Waals surface area contributed by atoms with Gasteiger partial charge in [0.25, 0.3) is 5.69 Å². The molecule has 21 heavy (non-hydrogen) atoms. The van der Waals surface area contributed by atoms with E-state index in [0.717, 1.165) is 22.9 Å². The van der Waals surface area contributed by atoms with Crippen LogP contribution in [-0.2, 0) is 12.8 Å². The van der Waals surface area contributed by atoms with Gasteiger partial charge in [-0.2, -0.15) is 0 Å². The van der Waals surface area contributed by atoms with Gasteiger partial charge in [0.05, 0.1) is 4.92 Å². The van der Waals surface area contributed by atoms with Crippen LogP contribution in [-0.4, -0.2) is 4.92 Å². The van der Waals surface area contributed by atoms with Crippen LogP contribution in [0.25, 0.3) is 0 Å². The molecule has 108 valence electrons. The van der Waals surface area contributed by atoms with E-state index in [0.29, 0.717) is 10.7 Å². The first-order chi connectivity index (χ1) is 10.1. The Kier molecular flexibility index (Phi) is 4.13. The van der Waals surface area contributed by atoms with Gasteiger partial charge in [0.2, 0.25) is 0 Å². The molecule has 0 amide bonds. The van der Waals surface area contributed by atoms with Crippen LogP contribution in [0.2, 0.25) is 0 Å². The van der Waals surface area contributed by atoms with E-state index in [-0.39, 0.29) is 10.6 Å². The summed E-state index contributed by atoms with van der Waals surface area (Å²) in [6, 6.07) is 13.5. The first-order valence-electron chi connectivity index (χ1n) is 6.71. The Balaban J connectivity index is 1.81. The molecule has 0 saturated heterocycles. The summed E-state index contributed by atoms with van der Waals surface area (Å²) in [4.78, 5) is 10.8.